The van der Waals surface area contributed by atoms with Crippen LogP contribution in [0.25, 0.3) is 0 Å². The SMILES string of the molecule is CCCCCCCCCCCCCCCCCCCC(=O)O[C@H](COC(=O)CCCCCCCCCCCCC)COC(=O)CCCCCCCCCCCCCCCCCC. The Balaban J connectivity index is 4.27. The van der Waals surface area contributed by atoms with Crippen LogP contribution in [0, 0.1) is 0 Å². The Morgan fingerprint density at radius 2 is 0.435 bits per heavy atom. The maximum absolute atomic E-state index is 12.8. The van der Waals surface area contributed by atoms with Crippen LogP contribution < -0.4 is 0 Å². The number of ether oxygens (including phenoxy) is 3. The Kier molecular flexibility index (Phi) is 50.7. The fraction of sp³-hybridized carbons (Fsp3) is 0.946. The van der Waals surface area contributed by atoms with Crippen LogP contribution in [0.4, 0.5) is 0 Å². The Bertz CT molecular complexity index is 920. The van der Waals surface area contributed by atoms with Crippen LogP contribution in [0.2, 0.25) is 0 Å². The zero-order chi connectivity index (χ0) is 45.1. The summed E-state index contributed by atoms with van der Waals surface area (Å²) in [6.45, 7) is 6.69. The molecule has 0 fully saturated rings. The zero-order valence-electron chi connectivity index (χ0n) is 42.2. The van der Waals surface area contributed by atoms with Gasteiger partial charge in [0.15, 0.2) is 6.10 Å². The fourth-order valence-corrected chi connectivity index (χ4v) is 8.62. The van der Waals surface area contributed by atoms with Crippen molar-refractivity contribution in [1.29, 1.82) is 0 Å². The lowest BCUT2D eigenvalue weighted by molar-refractivity contribution is -0.167. The minimum Gasteiger partial charge on any atom is -0.462 e. The van der Waals surface area contributed by atoms with Crippen molar-refractivity contribution in [3.05, 3.63) is 0 Å². The van der Waals surface area contributed by atoms with E-state index >= 15 is 0 Å². The van der Waals surface area contributed by atoms with Gasteiger partial charge in [0.2, 0.25) is 0 Å². The number of carbonyl (C=O) groups is 3. The van der Waals surface area contributed by atoms with Crippen molar-refractivity contribution >= 4 is 17.9 Å². The lowest BCUT2D eigenvalue weighted by Gasteiger charge is -2.18. The van der Waals surface area contributed by atoms with Crippen molar-refractivity contribution in [2.75, 3.05) is 13.2 Å². The predicted molar refractivity (Wildman–Crippen MR) is 266 cm³/mol. The maximum atomic E-state index is 12.8. The molecule has 0 saturated heterocycles. The summed E-state index contributed by atoms with van der Waals surface area (Å²) in [5.41, 5.74) is 0. The molecule has 0 aliphatic rings. The largest absolute Gasteiger partial charge is 0.462 e. The third kappa shape index (κ3) is 49.4. The zero-order valence-corrected chi connectivity index (χ0v) is 42.2. The number of unbranched alkanes of at least 4 members (excludes halogenated alkanes) is 41. The van der Waals surface area contributed by atoms with E-state index < -0.39 is 6.10 Å². The molecule has 6 nitrogen and oxygen atoms in total. The molecule has 0 aliphatic carbocycles. The number of esters is 3. The highest BCUT2D eigenvalue weighted by Crippen LogP contribution is 2.17. The maximum Gasteiger partial charge on any atom is 0.306 e. The molecule has 0 aliphatic heterocycles. The molecule has 0 radical (unpaired) electrons. The van der Waals surface area contributed by atoms with Crippen molar-refractivity contribution in [1.82, 2.24) is 0 Å². The standard InChI is InChI=1S/C56H108O6/c1-4-7-10-13-16-19-22-24-26-28-30-32-35-38-41-44-47-50-56(59)62-53(51-60-54(57)48-45-42-39-36-33-21-18-15-12-9-6-3)52-61-55(58)49-46-43-40-37-34-31-29-27-25-23-20-17-14-11-8-5-2/h53H,4-52H2,1-3H3/t53-/m1/s1. The van der Waals surface area contributed by atoms with Crippen LogP contribution in [-0.4, -0.2) is 37.2 Å². The molecule has 0 aromatic heterocycles. The van der Waals surface area contributed by atoms with Crippen LogP contribution in [0.3, 0.4) is 0 Å². The van der Waals surface area contributed by atoms with E-state index in [1.807, 2.05) is 0 Å². The average Bonchev–Trinajstić information content (AvgIpc) is 3.27. The molecule has 6 heteroatoms. The number of rotatable bonds is 52. The van der Waals surface area contributed by atoms with Crippen LogP contribution in [0.5, 0.6) is 0 Å². The van der Waals surface area contributed by atoms with E-state index in [1.165, 1.54) is 225 Å². The Morgan fingerprint density at radius 1 is 0.258 bits per heavy atom. The van der Waals surface area contributed by atoms with E-state index in [4.69, 9.17) is 14.2 Å². The van der Waals surface area contributed by atoms with E-state index in [1.54, 1.807) is 0 Å². The van der Waals surface area contributed by atoms with Crippen molar-refractivity contribution in [2.24, 2.45) is 0 Å². The van der Waals surface area contributed by atoms with Crippen LogP contribution in [-0.2, 0) is 28.6 Å². The van der Waals surface area contributed by atoms with Gasteiger partial charge in [-0.15, -0.1) is 0 Å². The summed E-state index contributed by atoms with van der Waals surface area (Å²) in [5, 5.41) is 0. The molecule has 1 atom stereocenters. The highest BCUT2D eigenvalue weighted by atomic mass is 16.6. The molecule has 0 spiro atoms. The van der Waals surface area contributed by atoms with E-state index in [0.717, 1.165) is 57.8 Å². The van der Waals surface area contributed by atoms with Gasteiger partial charge in [0.05, 0.1) is 0 Å². The quantitative estimate of drug-likeness (QED) is 0.0344. The van der Waals surface area contributed by atoms with E-state index in [9.17, 15) is 14.4 Å². The lowest BCUT2D eigenvalue weighted by Crippen LogP contribution is -2.30. The monoisotopic (exact) mass is 877 g/mol. The Morgan fingerprint density at radius 3 is 0.645 bits per heavy atom. The van der Waals surface area contributed by atoms with E-state index in [0.29, 0.717) is 19.3 Å². The third-order valence-electron chi connectivity index (χ3n) is 12.9. The average molecular weight is 877 g/mol. The van der Waals surface area contributed by atoms with Gasteiger partial charge >= 0.3 is 17.9 Å². The molecule has 368 valence electrons. The first-order chi connectivity index (χ1) is 30.5. The van der Waals surface area contributed by atoms with Gasteiger partial charge in [-0.25, -0.2) is 0 Å². The first-order valence-corrected chi connectivity index (χ1v) is 28.0. The normalized spacial score (nSPS) is 11.9. The minimum atomic E-state index is -0.760. The molecular weight excluding hydrogens is 769 g/mol. The molecule has 0 aromatic rings. The Labute approximate surface area is 387 Å². The summed E-state index contributed by atoms with van der Waals surface area (Å²) < 4.78 is 16.9. The summed E-state index contributed by atoms with van der Waals surface area (Å²) in [4.78, 5) is 38.0. The molecule has 62 heavy (non-hydrogen) atoms. The van der Waals surface area contributed by atoms with E-state index in [-0.39, 0.29) is 31.1 Å². The van der Waals surface area contributed by atoms with Gasteiger partial charge in [0, 0.05) is 19.3 Å². The second-order valence-corrected chi connectivity index (χ2v) is 19.2. The molecule has 0 saturated carbocycles. The van der Waals surface area contributed by atoms with Gasteiger partial charge in [-0.2, -0.15) is 0 Å². The number of carbonyl (C=O) groups excluding carboxylic acids is 3. The van der Waals surface area contributed by atoms with Crippen LogP contribution in [0.1, 0.15) is 323 Å². The van der Waals surface area contributed by atoms with Gasteiger partial charge in [-0.05, 0) is 19.3 Å². The smallest absolute Gasteiger partial charge is 0.306 e. The molecular formula is C56H108O6. The highest BCUT2D eigenvalue weighted by molar-refractivity contribution is 5.71. The molecule has 0 heterocycles. The molecule has 0 rings (SSSR count). The summed E-state index contributed by atoms with van der Waals surface area (Å²) in [6.07, 6.45) is 56.6. The summed E-state index contributed by atoms with van der Waals surface area (Å²) in [6, 6.07) is 0. The Hall–Kier alpha value is -1.59. The molecule has 0 amide bonds. The van der Waals surface area contributed by atoms with Gasteiger partial charge in [0.25, 0.3) is 0 Å². The topological polar surface area (TPSA) is 78.9 Å². The molecule has 0 bridgehead atoms. The van der Waals surface area contributed by atoms with Gasteiger partial charge < -0.3 is 14.2 Å². The number of hydrogen-bond acceptors (Lipinski definition) is 6. The first kappa shape index (κ1) is 60.4. The van der Waals surface area contributed by atoms with Crippen molar-refractivity contribution in [3.63, 3.8) is 0 Å². The molecule has 0 unspecified atom stereocenters. The van der Waals surface area contributed by atoms with Crippen molar-refractivity contribution in [3.8, 4) is 0 Å². The lowest BCUT2D eigenvalue weighted by atomic mass is 10.0. The minimum absolute atomic E-state index is 0.0613. The van der Waals surface area contributed by atoms with E-state index in [2.05, 4.69) is 20.8 Å². The van der Waals surface area contributed by atoms with Crippen LogP contribution >= 0.6 is 0 Å². The highest BCUT2D eigenvalue weighted by Gasteiger charge is 2.19. The fourth-order valence-electron chi connectivity index (χ4n) is 8.62. The second-order valence-electron chi connectivity index (χ2n) is 19.2. The van der Waals surface area contributed by atoms with Crippen LogP contribution in [0.15, 0.2) is 0 Å². The summed E-state index contributed by atoms with van der Waals surface area (Å²) in [7, 11) is 0. The van der Waals surface area contributed by atoms with Gasteiger partial charge in [-0.1, -0.05) is 284 Å². The number of hydrogen-bond donors (Lipinski definition) is 0. The second kappa shape index (κ2) is 52.0. The van der Waals surface area contributed by atoms with Gasteiger partial charge in [0.1, 0.15) is 13.2 Å². The predicted octanol–water partition coefficient (Wildman–Crippen LogP) is 18.4. The molecule has 0 N–H and O–H groups in total. The van der Waals surface area contributed by atoms with Crippen molar-refractivity contribution in [2.45, 2.75) is 329 Å². The molecule has 0 aromatic carbocycles. The van der Waals surface area contributed by atoms with Crippen molar-refractivity contribution < 1.29 is 28.6 Å². The third-order valence-corrected chi connectivity index (χ3v) is 12.9. The van der Waals surface area contributed by atoms with Gasteiger partial charge in [-0.3, -0.25) is 14.4 Å². The summed E-state index contributed by atoms with van der Waals surface area (Å²) in [5.74, 6) is -0.835. The first-order valence-electron chi connectivity index (χ1n) is 28.0. The summed E-state index contributed by atoms with van der Waals surface area (Å²) >= 11 is 0.